The van der Waals surface area contributed by atoms with Crippen LogP contribution in [0, 0.1) is 13.8 Å². The molecule has 1 amide bonds. The SMILES string of the molecule is CSCC[C@H](N)C(=O)NCCOc1cc(C)cc(C)c1.Cl. The molecule has 3 N–H and O–H groups in total. The molecule has 1 atom stereocenters. The normalized spacial score (nSPS) is 11.4. The fraction of sp³-hybridized carbons (Fsp3) is 0.533. The molecule has 0 aromatic heterocycles. The molecule has 0 spiro atoms. The van der Waals surface area contributed by atoms with Crippen molar-refractivity contribution >= 4 is 30.1 Å². The summed E-state index contributed by atoms with van der Waals surface area (Å²) in [4.78, 5) is 11.7. The molecule has 6 heteroatoms. The van der Waals surface area contributed by atoms with Crippen molar-refractivity contribution in [1.29, 1.82) is 0 Å². The number of carbonyl (C=O) groups excluding carboxylic acids is 1. The van der Waals surface area contributed by atoms with E-state index in [1.807, 2.05) is 32.2 Å². The maximum absolute atomic E-state index is 11.7. The summed E-state index contributed by atoms with van der Waals surface area (Å²) in [6, 6.07) is 5.64. The maximum atomic E-state index is 11.7. The predicted molar refractivity (Wildman–Crippen MR) is 92.6 cm³/mol. The first-order valence-electron chi connectivity index (χ1n) is 6.76. The van der Waals surface area contributed by atoms with Crippen molar-refractivity contribution in [2.24, 2.45) is 5.73 Å². The molecule has 0 heterocycles. The van der Waals surface area contributed by atoms with E-state index in [-0.39, 0.29) is 18.3 Å². The highest BCUT2D eigenvalue weighted by Crippen LogP contribution is 2.15. The van der Waals surface area contributed by atoms with Crippen molar-refractivity contribution in [1.82, 2.24) is 5.32 Å². The molecule has 0 unspecified atom stereocenters. The summed E-state index contributed by atoms with van der Waals surface area (Å²) in [5.74, 6) is 1.62. The Morgan fingerprint density at radius 1 is 1.33 bits per heavy atom. The average molecular weight is 333 g/mol. The molecule has 0 bridgehead atoms. The van der Waals surface area contributed by atoms with Crippen LogP contribution in [0.2, 0.25) is 0 Å². The van der Waals surface area contributed by atoms with Gasteiger partial charge in [-0.05, 0) is 55.5 Å². The Hall–Kier alpha value is -0.910. The molecule has 1 aromatic rings. The first kappa shape index (κ1) is 20.1. The summed E-state index contributed by atoms with van der Waals surface area (Å²) < 4.78 is 5.62. The Kier molecular flexibility index (Phi) is 10.3. The zero-order valence-corrected chi connectivity index (χ0v) is 14.5. The monoisotopic (exact) mass is 332 g/mol. The fourth-order valence-electron chi connectivity index (χ4n) is 1.87. The molecule has 1 rings (SSSR count). The summed E-state index contributed by atoms with van der Waals surface area (Å²) in [6.07, 6.45) is 2.70. The molecule has 0 aliphatic heterocycles. The van der Waals surface area contributed by atoms with E-state index in [1.54, 1.807) is 11.8 Å². The number of ether oxygens (including phenoxy) is 1. The van der Waals surface area contributed by atoms with Gasteiger partial charge >= 0.3 is 0 Å². The number of hydrogen-bond acceptors (Lipinski definition) is 4. The van der Waals surface area contributed by atoms with Gasteiger partial charge in [-0.1, -0.05) is 6.07 Å². The lowest BCUT2D eigenvalue weighted by molar-refractivity contribution is -0.122. The van der Waals surface area contributed by atoms with Crippen LogP contribution < -0.4 is 15.8 Å². The molecule has 4 nitrogen and oxygen atoms in total. The van der Waals surface area contributed by atoms with E-state index in [1.165, 1.54) is 11.1 Å². The number of benzene rings is 1. The van der Waals surface area contributed by atoms with E-state index in [2.05, 4.69) is 11.4 Å². The van der Waals surface area contributed by atoms with Crippen LogP contribution in [0.4, 0.5) is 0 Å². The van der Waals surface area contributed by atoms with Gasteiger partial charge in [0.2, 0.25) is 5.91 Å². The van der Waals surface area contributed by atoms with Gasteiger partial charge in [0, 0.05) is 0 Å². The Balaban J connectivity index is 0.00000400. The number of hydrogen-bond donors (Lipinski definition) is 2. The Labute approximate surface area is 137 Å². The van der Waals surface area contributed by atoms with Crippen LogP contribution in [-0.2, 0) is 4.79 Å². The zero-order chi connectivity index (χ0) is 15.0. The Morgan fingerprint density at radius 2 is 1.95 bits per heavy atom. The van der Waals surface area contributed by atoms with E-state index < -0.39 is 6.04 Å². The van der Waals surface area contributed by atoms with E-state index >= 15 is 0 Å². The maximum Gasteiger partial charge on any atom is 0.237 e. The van der Waals surface area contributed by atoms with Gasteiger partial charge < -0.3 is 15.8 Å². The molecule has 0 fully saturated rings. The predicted octanol–water partition coefficient (Wildman–Crippen LogP) is 2.30. The molecule has 1 aromatic carbocycles. The van der Waals surface area contributed by atoms with Gasteiger partial charge in [0.1, 0.15) is 12.4 Å². The third kappa shape index (κ3) is 8.19. The summed E-state index contributed by atoms with van der Waals surface area (Å²) in [6.45, 7) is 4.99. The number of carbonyl (C=O) groups is 1. The van der Waals surface area contributed by atoms with E-state index in [4.69, 9.17) is 10.5 Å². The third-order valence-electron chi connectivity index (χ3n) is 2.83. The molecule has 120 valence electrons. The number of halogens is 1. The van der Waals surface area contributed by atoms with Crippen molar-refractivity contribution < 1.29 is 9.53 Å². The van der Waals surface area contributed by atoms with Gasteiger partial charge in [-0.2, -0.15) is 11.8 Å². The van der Waals surface area contributed by atoms with Crippen molar-refractivity contribution in [3.63, 3.8) is 0 Å². The second-order valence-electron chi connectivity index (χ2n) is 4.85. The van der Waals surface area contributed by atoms with Gasteiger partial charge in [0.05, 0.1) is 12.6 Å². The summed E-state index contributed by atoms with van der Waals surface area (Å²) >= 11 is 1.69. The first-order chi connectivity index (χ1) is 9.52. The second kappa shape index (κ2) is 10.8. The number of nitrogens with two attached hydrogens (primary N) is 1. The lowest BCUT2D eigenvalue weighted by Crippen LogP contribution is -2.42. The smallest absolute Gasteiger partial charge is 0.237 e. The topological polar surface area (TPSA) is 64.4 Å². The largest absolute Gasteiger partial charge is 0.492 e. The molecule has 0 radical (unpaired) electrons. The fourth-order valence-corrected chi connectivity index (χ4v) is 2.36. The van der Waals surface area contributed by atoms with Crippen LogP contribution in [0.15, 0.2) is 18.2 Å². The number of rotatable bonds is 8. The number of aryl methyl sites for hydroxylation is 2. The summed E-state index contributed by atoms with van der Waals surface area (Å²) in [5, 5.41) is 2.79. The molecule has 0 aliphatic rings. The standard InChI is InChI=1S/C15H24N2O2S.ClH/c1-11-8-12(2)10-13(9-11)19-6-5-17-15(18)14(16)4-7-20-3;/h8-10,14H,4-7,16H2,1-3H3,(H,17,18);1H/t14-;/m0./s1. The van der Waals surface area contributed by atoms with Crippen molar-refractivity contribution in [3.05, 3.63) is 29.3 Å². The quantitative estimate of drug-likeness (QED) is 0.717. The van der Waals surface area contributed by atoms with Crippen molar-refractivity contribution in [2.75, 3.05) is 25.2 Å². The lowest BCUT2D eigenvalue weighted by atomic mass is 10.1. The van der Waals surface area contributed by atoms with Gasteiger partial charge in [-0.25, -0.2) is 0 Å². The van der Waals surface area contributed by atoms with Crippen LogP contribution in [0.3, 0.4) is 0 Å². The van der Waals surface area contributed by atoms with Crippen LogP contribution in [0.5, 0.6) is 5.75 Å². The summed E-state index contributed by atoms with van der Waals surface area (Å²) in [7, 11) is 0. The minimum Gasteiger partial charge on any atom is -0.492 e. The van der Waals surface area contributed by atoms with Gasteiger partial charge in [-0.3, -0.25) is 4.79 Å². The minimum atomic E-state index is -0.427. The van der Waals surface area contributed by atoms with Gasteiger partial charge in [0.15, 0.2) is 0 Å². The molecule has 0 aliphatic carbocycles. The number of thioether (sulfide) groups is 1. The molecular weight excluding hydrogens is 308 g/mol. The van der Waals surface area contributed by atoms with E-state index in [0.29, 0.717) is 19.6 Å². The second-order valence-corrected chi connectivity index (χ2v) is 5.84. The minimum absolute atomic E-state index is 0. The Morgan fingerprint density at radius 3 is 2.52 bits per heavy atom. The van der Waals surface area contributed by atoms with Gasteiger partial charge in [0.25, 0.3) is 0 Å². The summed E-state index contributed by atoms with van der Waals surface area (Å²) in [5.41, 5.74) is 8.11. The van der Waals surface area contributed by atoms with Crippen LogP contribution >= 0.6 is 24.2 Å². The first-order valence-corrected chi connectivity index (χ1v) is 8.15. The zero-order valence-electron chi connectivity index (χ0n) is 12.8. The highest BCUT2D eigenvalue weighted by Gasteiger charge is 2.11. The molecule has 21 heavy (non-hydrogen) atoms. The molecule has 0 saturated carbocycles. The molecular formula is C15H25ClN2O2S. The highest BCUT2D eigenvalue weighted by molar-refractivity contribution is 7.98. The van der Waals surface area contributed by atoms with Crippen molar-refractivity contribution in [3.8, 4) is 5.75 Å². The van der Waals surface area contributed by atoms with E-state index in [9.17, 15) is 4.79 Å². The van der Waals surface area contributed by atoms with Crippen molar-refractivity contribution in [2.45, 2.75) is 26.3 Å². The van der Waals surface area contributed by atoms with Crippen LogP contribution in [-0.4, -0.2) is 37.1 Å². The number of nitrogens with one attached hydrogen (secondary N) is 1. The number of amides is 1. The van der Waals surface area contributed by atoms with Crippen LogP contribution in [0.25, 0.3) is 0 Å². The lowest BCUT2D eigenvalue weighted by Gasteiger charge is -2.12. The highest BCUT2D eigenvalue weighted by atomic mass is 35.5. The third-order valence-corrected chi connectivity index (χ3v) is 3.48. The molecule has 0 saturated heterocycles. The average Bonchev–Trinajstić information content (AvgIpc) is 2.39. The van der Waals surface area contributed by atoms with Crippen LogP contribution in [0.1, 0.15) is 17.5 Å². The Bertz CT molecular complexity index is 423. The van der Waals surface area contributed by atoms with E-state index in [0.717, 1.165) is 11.5 Å². The van der Waals surface area contributed by atoms with Gasteiger partial charge in [-0.15, -0.1) is 12.4 Å².